The van der Waals surface area contributed by atoms with Crippen LogP contribution in [-0.4, -0.2) is 15.0 Å². The summed E-state index contributed by atoms with van der Waals surface area (Å²) in [6.07, 6.45) is 1.16. The Morgan fingerprint density at radius 2 is 1.64 bits per heavy atom. The highest BCUT2D eigenvalue weighted by Gasteiger charge is 2.16. The topological polar surface area (TPSA) is 73.1 Å². The first kappa shape index (κ1) is 16.6. The lowest BCUT2D eigenvalue weighted by Crippen LogP contribution is -2.40. The number of aryl methyl sites for hydroxylation is 1. The summed E-state index contributed by atoms with van der Waals surface area (Å²) in [5.74, 6) is -0.712. The van der Waals surface area contributed by atoms with Gasteiger partial charge in [-0.15, -0.1) is 0 Å². The molecule has 2 aromatic rings. The third kappa shape index (κ3) is 3.04. The van der Waals surface area contributed by atoms with Gasteiger partial charge < -0.3 is 9.88 Å². The highest BCUT2D eigenvalue weighted by molar-refractivity contribution is 6.44. The van der Waals surface area contributed by atoms with Crippen molar-refractivity contribution in [2.24, 2.45) is 14.1 Å². The summed E-state index contributed by atoms with van der Waals surface area (Å²) in [6.45, 7) is 0. The number of nitrogens with one attached hydrogen (secondary N) is 1. The Kier molecular flexibility index (Phi) is 4.65. The maximum atomic E-state index is 12.2. The van der Waals surface area contributed by atoms with Crippen molar-refractivity contribution in [3.8, 4) is 0 Å². The molecule has 0 atom stereocenters. The van der Waals surface area contributed by atoms with Gasteiger partial charge in [-0.2, -0.15) is 0 Å². The minimum atomic E-state index is -0.712. The second-order valence-corrected chi connectivity index (χ2v) is 5.72. The van der Waals surface area contributed by atoms with Gasteiger partial charge in [0.05, 0.1) is 20.8 Å². The summed E-state index contributed by atoms with van der Waals surface area (Å²) >= 11 is 17.6. The molecule has 1 N–H and O–H groups in total. The lowest BCUT2D eigenvalue weighted by molar-refractivity contribution is 0.102. The van der Waals surface area contributed by atoms with Crippen LogP contribution in [0.15, 0.2) is 27.9 Å². The fourth-order valence-corrected chi connectivity index (χ4v) is 2.37. The molecule has 0 bridgehead atoms. The van der Waals surface area contributed by atoms with Crippen LogP contribution < -0.4 is 16.6 Å². The molecule has 0 saturated carbocycles. The van der Waals surface area contributed by atoms with Gasteiger partial charge in [0.25, 0.3) is 11.5 Å². The molecule has 0 aliphatic heterocycles. The first-order valence-electron chi connectivity index (χ1n) is 5.95. The van der Waals surface area contributed by atoms with Gasteiger partial charge in [0.15, 0.2) is 0 Å². The third-order valence-electron chi connectivity index (χ3n) is 2.95. The summed E-state index contributed by atoms with van der Waals surface area (Å²) in [5, 5.41) is 3.08. The zero-order valence-corrected chi connectivity index (χ0v) is 13.8. The van der Waals surface area contributed by atoms with E-state index in [4.69, 9.17) is 34.8 Å². The minimum absolute atomic E-state index is 0.171. The number of halogens is 3. The van der Waals surface area contributed by atoms with Crippen molar-refractivity contribution in [1.29, 1.82) is 0 Å². The number of nitrogens with zero attached hydrogens (tertiary/aromatic N) is 2. The van der Waals surface area contributed by atoms with E-state index in [0.717, 1.165) is 15.3 Å². The zero-order valence-electron chi connectivity index (χ0n) is 11.5. The van der Waals surface area contributed by atoms with Crippen molar-refractivity contribution < 1.29 is 4.79 Å². The SMILES string of the molecule is Cn1cc(C(=O)Nc2cc(Cl)c(Cl)cc2Cl)c(=O)n(C)c1=O. The lowest BCUT2D eigenvalue weighted by atomic mass is 10.2. The first-order valence-corrected chi connectivity index (χ1v) is 7.08. The van der Waals surface area contributed by atoms with Crippen LogP contribution in [0.3, 0.4) is 0 Å². The fraction of sp³-hybridized carbons (Fsp3) is 0.154. The molecule has 6 nitrogen and oxygen atoms in total. The van der Waals surface area contributed by atoms with Gasteiger partial charge in [0, 0.05) is 20.3 Å². The van der Waals surface area contributed by atoms with Gasteiger partial charge in [-0.05, 0) is 12.1 Å². The molecular formula is C13H10Cl3N3O3. The highest BCUT2D eigenvalue weighted by Crippen LogP contribution is 2.32. The van der Waals surface area contributed by atoms with E-state index in [-0.39, 0.29) is 26.3 Å². The van der Waals surface area contributed by atoms with E-state index >= 15 is 0 Å². The second-order valence-electron chi connectivity index (χ2n) is 4.50. The molecule has 1 aromatic carbocycles. The fourth-order valence-electron chi connectivity index (χ4n) is 1.77. The van der Waals surface area contributed by atoms with Crippen molar-refractivity contribution in [3.05, 3.63) is 59.8 Å². The largest absolute Gasteiger partial charge is 0.330 e. The van der Waals surface area contributed by atoms with Crippen LogP contribution in [0, 0.1) is 0 Å². The number of rotatable bonds is 2. The molecule has 0 aliphatic carbocycles. The van der Waals surface area contributed by atoms with Crippen LogP contribution in [0.1, 0.15) is 10.4 Å². The average molecular weight is 363 g/mol. The van der Waals surface area contributed by atoms with E-state index in [0.29, 0.717) is 0 Å². The number of hydrogen-bond acceptors (Lipinski definition) is 3. The van der Waals surface area contributed by atoms with Crippen molar-refractivity contribution in [2.75, 3.05) is 5.32 Å². The molecule has 0 radical (unpaired) electrons. The van der Waals surface area contributed by atoms with E-state index < -0.39 is 17.2 Å². The van der Waals surface area contributed by atoms with Crippen molar-refractivity contribution in [3.63, 3.8) is 0 Å². The number of benzene rings is 1. The van der Waals surface area contributed by atoms with E-state index in [1.165, 1.54) is 26.2 Å². The van der Waals surface area contributed by atoms with E-state index in [2.05, 4.69) is 5.32 Å². The van der Waals surface area contributed by atoms with Crippen LogP contribution in [0.5, 0.6) is 0 Å². The number of aromatic nitrogens is 2. The number of carbonyl (C=O) groups excluding carboxylic acids is 1. The van der Waals surface area contributed by atoms with Crippen LogP contribution in [0.2, 0.25) is 15.1 Å². The molecule has 1 aromatic heterocycles. The number of anilines is 1. The monoisotopic (exact) mass is 361 g/mol. The molecule has 0 spiro atoms. The maximum Gasteiger partial charge on any atom is 0.330 e. The zero-order chi connectivity index (χ0) is 16.6. The Morgan fingerprint density at radius 1 is 1.05 bits per heavy atom. The smallest absolute Gasteiger partial charge is 0.320 e. The quantitative estimate of drug-likeness (QED) is 0.833. The molecular weight excluding hydrogens is 353 g/mol. The Labute approximate surface area is 139 Å². The Hall–Kier alpha value is -1.76. The molecule has 1 amide bonds. The molecule has 22 heavy (non-hydrogen) atoms. The maximum absolute atomic E-state index is 12.2. The number of carbonyl (C=O) groups is 1. The molecule has 2 rings (SSSR count). The van der Waals surface area contributed by atoms with Gasteiger partial charge in [0.1, 0.15) is 5.56 Å². The van der Waals surface area contributed by atoms with Crippen LogP contribution in [-0.2, 0) is 14.1 Å². The molecule has 116 valence electrons. The van der Waals surface area contributed by atoms with Crippen LogP contribution in [0.25, 0.3) is 0 Å². The van der Waals surface area contributed by atoms with E-state index in [1.807, 2.05) is 0 Å². The number of amides is 1. The Morgan fingerprint density at radius 3 is 2.27 bits per heavy atom. The molecule has 0 saturated heterocycles. The molecule has 0 fully saturated rings. The average Bonchev–Trinajstić information content (AvgIpc) is 2.46. The molecule has 1 heterocycles. The van der Waals surface area contributed by atoms with E-state index in [1.54, 1.807) is 0 Å². The summed E-state index contributed by atoms with van der Waals surface area (Å²) in [5.41, 5.74) is -1.24. The minimum Gasteiger partial charge on any atom is -0.320 e. The summed E-state index contributed by atoms with van der Waals surface area (Å²) < 4.78 is 1.97. The van der Waals surface area contributed by atoms with Crippen molar-refractivity contribution in [2.45, 2.75) is 0 Å². The molecule has 9 heteroatoms. The summed E-state index contributed by atoms with van der Waals surface area (Å²) in [7, 11) is 2.72. The van der Waals surface area contributed by atoms with E-state index in [9.17, 15) is 14.4 Å². The van der Waals surface area contributed by atoms with Crippen molar-refractivity contribution >= 4 is 46.4 Å². The number of hydrogen-bond donors (Lipinski definition) is 1. The van der Waals surface area contributed by atoms with Gasteiger partial charge >= 0.3 is 5.69 Å². The van der Waals surface area contributed by atoms with Crippen LogP contribution in [0.4, 0.5) is 5.69 Å². The van der Waals surface area contributed by atoms with Crippen molar-refractivity contribution in [1.82, 2.24) is 9.13 Å². The predicted molar refractivity (Wildman–Crippen MR) is 86.3 cm³/mol. The third-order valence-corrected chi connectivity index (χ3v) is 3.98. The second kappa shape index (κ2) is 6.16. The van der Waals surface area contributed by atoms with Gasteiger partial charge in [-0.25, -0.2) is 4.79 Å². The molecule has 0 aliphatic rings. The highest BCUT2D eigenvalue weighted by atomic mass is 35.5. The summed E-state index contributed by atoms with van der Waals surface area (Å²) in [6, 6.07) is 2.75. The Balaban J connectivity index is 2.45. The molecule has 0 unspecified atom stereocenters. The standard InChI is InChI=1S/C13H10Cl3N3O3/c1-18-5-6(12(21)19(2)13(18)22)11(20)17-10-4-8(15)7(14)3-9(10)16/h3-5H,1-2H3,(H,17,20). The van der Waals surface area contributed by atoms with Crippen LogP contribution >= 0.6 is 34.8 Å². The normalized spacial score (nSPS) is 10.6. The van der Waals surface area contributed by atoms with Gasteiger partial charge in [-0.1, -0.05) is 34.8 Å². The summed E-state index contributed by atoms with van der Waals surface area (Å²) in [4.78, 5) is 35.8. The Bertz CT molecular complexity index is 887. The lowest BCUT2D eigenvalue weighted by Gasteiger charge is -2.10. The van der Waals surface area contributed by atoms with Gasteiger partial charge in [0.2, 0.25) is 0 Å². The predicted octanol–water partition coefficient (Wildman–Crippen LogP) is 2.30. The first-order chi connectivity index (χ1) is 10.2. The van der Waals surface area contributed by atoms with Gasteiger partial charge in [-0.3, -0.25) is 14.2 Å².